The molecule has 2 heteroatoms. The zero-order valence-corrected chi connectivity index (χ0v) is 15.6. The maximum absolute atomic E-state index is 11.0. The summed E-state index contributed by atoms with van der Waals surface area (Å²) in [6.07, 6.45) is 21.2. The normalized spacial score (nSPS) is 11.0. The molecule has 0 unspecified atom stereocenters. The summed E-state index contributed by atoms with van der Waals surface area (Å²) >= 11 is 0. The van der Waals surface area contributed by atoms with Gasteiger partial charge in [0.1, 0.15) is 0 Å². The van der Waals surface area contributed by atoms with Gasteiger partial charge in [0.15, 0.2) is 0 Å². The summed E-state index contributed by atoms with van der Waals surface area (Å²) in [7, 11) is 1.45. The van der Waals surface area contributed by atoms with Crippen molar-refractivity contribution < 1.29 is 9.53 Å². The number of carbonyl (C=O) groups is 1. The molecule has 0 rings (SSSR count). The molecule has 0 heterocycles. The molecule has 0 bridgehead atoms. The molecule has 0 aromatic rings. The van der Waals surface area contributed by atoms with E-state index in [4.69, 9.17) is 0 Å². The Labute approximate surface area is 144 Å². The van der Waals surface area contributed by atoms with Crippen LogP contribution in [0.3, 0.4) is 0 Å². The van der Waals surface area contributed by atoms with Crippen molar-refractivity contribution in [3.05, 3.63) is 24.3 Å². The average molecular weight is 323 g/mol. The SMILES string of the molecule is C=C(/C=C/CCCCCCCC)CCCCCCCC(=O)OC. The van der Waals surface area contributed by atoms with Gasteiger partial charge in [-0.25, -0.2) is 0 Å². The molecule has 0 amide bonds. The number of hydrogen-bond acceptors (Lipinski definition) is 2. The highest BCUT2D eigenvalue weighted by Crippen LogP contribution is 2.13. The molecule has 0 radical (unpaired) electrons. The Morgan fingerprint density at radius 1 is 0.870 bits per heavy atom. The molecule has 0 aliphatic rings. The third-order valence-electron chi connectivity index (χ3n) is 4.18. The number of hydrogen-bond donors (Lipinski definition) is 0. The van der Waals surface area contributed by atoms with Crippen LogP contribution in [0.4, 0.5) is 0 Å². The van der Waals surface area contributed by atoms with E-state index < -0.39 is 0 Å². The quantitative estimate of drug-likeness (QED) is 0.178. The molecule has 0 N–H and O–H groups in total. The molecule has 2 nitrogen and oxygen atoms in total. The van der Waals surface area contributed by atoms with Crippen molar-refractivity contribution in [2.45, 2.75) is 96.8 Å². The maximum atomic E-state index is 11.0. The fraction of sp³-hybridized carbons (Fsp3) is 0.762. The van der Waals surface area contributed by atoms with E-state index in [2.05, 4.69) is 30.4 Å². The van der Waals surface area contributed by atoms with Crippen LogP contribution >= 0.6 is 0 Å². The van der Waals surface area contributed by atoms with Crippen LogP contribution < -0.4 is 0 Å². The van der Waals surface area contributed by atoms with Crippen LogP contribution in [0.2, 0.25) is 0 Å². The van der Waals surface area contributed by atoms with Crippen LogP contribution in [0, 0.1) is 0 Å². The van der Waals surface area contributed by atoms with E-state index in [0.29, 0.717) is 6.42 Å². The van der Waals surface area contributed by atoms with Crippen molar-refractivity contribution in [1.82, 2.24) is 0 Å². The van der Waals surface area contributed by atoms with Crippen LogP contribution in [0.1, 0.15) is 96.8 Å². The summed E-state index contributed by atoms with van der Waals surface area (Å²) in [5.41, 5.74) is 1.26. The molecule has 0 fully saturated rings. The molecule has 0 aromatic carbocycles. The third-order valence-corrected chi connectivity index (χ3v) is 4.18. The van der Waals surface area contributed by atoms with Gasteiger partial charge < -0.3 is 4.74 Å². The minimum absolute atomic E-state index is 0.0890. The van der Waals surface area contributed by atoms with Gasteiger partial charge in [0.2, 0.25) is 0 Å². The van der Waals surface area contributed by atoms with E-state index in [1.165, 1.54) is 76.9 Å². The van der Waals surface area contributed by atoms with Crippen molar-refractivity contribution in [3.63, 3.8) is 0 Å². The van der Waals surface area contributed by atoms with Crippen LogP contribution in [-0.2, 0) is 9.53 Å². The fourth-order valence-electron chi connectivity index (χ4n) is 2.63. The molecule has 0 saturated heterocycles. The average Bonchev–Trinajstić information content (AvgIpc) is 2.56. The van der Waals surface area contributed by atoms with E-state index in [1.54, 1.807) is 0 Å². The number of methoxy groups -OCH3 is 1. The smallest absolute Gasteiger partial charge is 0.305 e. The Morgan fingerprint density at radius 2 is 1.43 bits per heavy atom. The molecule has 0 aromatic heterocycles. The lowest BCUT2D eigenvalue weighted by molar-refractivity contribution is -0.140. The lowest BCUT2D eigenvalue weighted by Crippen LogP contribution is -1.99. The minimum Gasteiger partial charge on any atom is -0.469 e. The first kappa shape index (κ1) is 21.9. The van der Waals surface area contributed by atoms with Gasteiger partial charge in [-0.3, -0.25) is 4.79 Å². The molecule has 0 atom stereocenters. The van der Waals surface area contributed by atoms with Crippen LogP contribution in [0.25, 0.3) is 0 Å². The van der Waals surface area contributed by atoms with Crippen LogP contribution in [0.5, 0.6) is 0 Å². The molecule has 0 saturated carbocycles. The second-order valence-corrected chi connectivity index (χ2v) is 6.46. The lowest BCUT2D eigenvalue weighted by Gasteiger charge is -2.02. The topological polar surface area (TPSA) is 26.3 Å². The number of ether oxygens (including phenoxy) is 1. The van der Waals surface area contributed by atoms with Crippen LogP contribution in [-0.4, -0.2) is 13.1 Å². The van der Waals surface area contributed by atoms with Gasteiger partial charge >= 0.3 is 5.97 Å². The monoisotopic (exact) mass is 322 g/mol. The number of allylic oxidation sites excluding steroid dienone is 3. The molecule has 0 aliphatic heterocycles. The highest BCUT2D eigenvalue weighted by atomic mass is 16.5. The van der Waals surface area contributed by atoms with Gasteiger partial charge in [-0.05, 0) is 32.1 Å². The first-order valence-corrected chi connectivity index (χ1v) is 9.61. The predicted octanol–water partition coefficient (Wildman–Crippen LogP) is 6.75. The zero-order chi connectivity index (χ0) is 17.2. The summed E-state index contributed by atoms with van der Waals surface area (Å²) < 4.78 is 4.63. The number of unbranched alkanes of at least 4 members (excludes halogenated alkanes) is 10. The third kappa shape index (κ3) is 17.1. The van der Waals surface area contributed by atoms with Gasteiger partial charge in [0.25, 0.3) is 0 Å². The molecule has 0 aliphatic carbocycles. The van der Waals surface area contributed by atoms with E-state index in [-0.39, 0.29) is 5.97 Å². The van der Waals surface area contributed by atoms with Crippen molar-refractivity contribution in [1.29, 1.82) is 0 Å². The number of carbonyl (C=O) groups excluding carboxylic acids is 1. The zero-order valence-electron chi connectivity index (χ0n) is 15.6. The largest absolute Gasteiger partial charge is 0.469 e. The van der Waals surface area contributed by atoms with E-state index in [1.807, 2.05) is 0 Å². The Morgan fingerprint density at radius 3 is 2.09 bits per heavy atom. The van der Waals surface area contributed by atoms with E-state index in [0.717, 1.165) is 19.3 Å². The molecule has 23 heavy (non-hydrogen) atoms. The molecular formula is C21H38O2. The molecular weight excluding hydrogens is 284 g/mol. The Kier molecular flexibility index (Phi) is 16.5. The number of rotatable bonds is 16. The highest BCUT2D eigenvalue weighted by molar-refractivity contribution is 5.68. The molecule has 134 valence electrons. The summed E-state index contributed by atoms with van der Waals surface area (Å²) in [4.78, 5) is 11.0. The summed E-state index contributed by atoms with van der Waals surface area (Å²) in [6.45, 7) is 6.39. The van der Waals surface area contributed by atoms with Gasteiger partial charge in [-0.15, -0.1) is 0 Å². The van der Waals surface area contributed by atoms with Crippen molar-refractivity contribution >= 4 is 5.97 Å². The van der Waals surface area contributed by atoms with Gasteiger partial charge in [-0.2, -0.15) is 0 Å². The summed E-state index contributed by atoms with van der Waals surface area (Å²) in [5.74, 6) is -0.0890. The lowest BCUT2D eigenvalue weighted by atomic mass is 10.0. The Bertz CT molecular complexity index is 318. The Balaban J connectivity index is 3.32. The van der Waals surface area contributed by atoms with Gasteiger partial charge in [0, 0.05) is 6.42 Å². The van der Waals surface area contributed by atoms with Crippen molar-refractivity contribution in [2.24, 2.45) is 0 Å². The summed E-state index contributed by atoms with van der Waals surface area (Å²) in [6, 6.07) is 0. The van der Waals surface area contributed by atoms with Crippen molar-refractivity contribution in [2.75, 3.05) is 7.11 Å². The van der Waals surface area contributed by atoms with E-state index >= 15 is 0 Å². The second-order valence-electron chi connectivity index (χ2n) is 6.46. The first-order chi connectivity index (χ1) is 11.2. The fourth-order valence-corrected chi connectivity index (χ4v) is 2.63. The molecule has 0 spiro atoms. The van der Waals surface area contributed by atoms with Crippen LogP contribution in [0.15, 0.2) is 24.3 Å². The van der Waals surface area contributed by atoms with Gasteiger partial charge in [0.05, 0.1) is 7.11 Å². The van der Waals surface area contributed by atoms with E-state index in [9.17, 15) is 4.79 Å². The Hall–Kier alpha value is -1.05. The second kappa shape index (κ2) is 17.3. The first-order valence-electron chi connectivity index (χ1n) is 9.61. The predicted molar refractivity (Wildman–Crippen MR) is 101 cm³/mol. The highest BCUT2D eigenvalue weighted by Gasteiger charge is 1.99. The minimum atomic E-state index is -0.0890. The number of esters is 1. The maximum Gasteiger partial charge on any atom is 0.305 e. The standard InChI is InChI=1S/C21H38O2/c1-4-5-6-7-8-9-11-14-17-20(2)18-15-12-10-13-16-19-21(22)23-3/h14,17H,2,4-13,15-16,18-19H2,1,3H3/b17-14+. The van der Waals surface area contributed by atoms with Crippen molar-refractivity contribution in [3.8, 4) is 0 Å². The summed E-state index contributed by atoms with van der Waals surface area (Å²) in [5, 5.41) is 0. The van der Waals surface area contributed by atoms with Gasteiger partial charge in [-0.1, -0.05) is 82.6 Å².